The second-order valence-corrected chi connectivity index (χ2v) is 5.55. The van der Waals surface area contributed by atoms with E-state index in [9.17, 15) is 4.79 Å². The van der Waals surface area contributed by atoms with E-state index in [1.165, 1.54) is 12.0 Å². The molecule has 1 fully saturated rings. The minimum atomic E-state index is 0.109. The Hall–Kier alpha value is -1.71. The Morgan fingerprint density at radius 3 is 2.90 bits per heavy atom. The number of rotatable bonds is 3. The van der Waals surface area contributed by atoms with Gasteiger partial charge in [0.2, 0.25) is 0 Å². The number of benzene rings is 1. The first kappa shape index (κ1) is 13.3. The van der Waals surface area contributed by atoms with Crippen molar-refractivity contribution in [2.75, 3.05) is 31.6 Å². The van der Waals surface area contributed by atoms with Gasteiger partial charge in [0.15, 0.2) is 6.61 Å². The number of piperidine rings is 1. The van der Waals surface area contributed by atoms with Crippen LogP contribution in [0.3, 0.4) is 0 Å². The van der Waals surface area contributed by atoms with E-state index >= 15 is 0 Å². The SMILES string of the molecule is O=C(COc1cccc2c1NCCC2)N1CCCCC1. The van der Waals surface area contributed by atoms with Gasteiger partial charge in [0.1, 0.15) is 5.75 Å². The van der Waals surface area contributed by atoms with Crippen LogP contribution in [-0.4, -0.2) is 37.0 Å². The molecule has 4 nitrogen and oxygen atoms in total. The lowest BCUT2D eigenvalue weighted by molar-refractivity contribution is -0.134. The summed E-state index contributed by atoms with van der Waals surface area (Å²) >= 11 is 0. The predicted molar refractivity (Wildman–Crippen MR) is 79.2 cm³/mol. The summed E-state index contributed by atoms with van der Waals surface area (Å²) in [4.78, 5) is 14.0. The number of hydrogen-bond donors (Lipinski definition) is 1. The molecule has 0 spiro atoms. The van der Waals surface area contributed by atoms with Gasteiger partial charge in [0, 0.05) is 19.6 Å². The Bertz CT molecular complexity index is 481. The molecule has 108 valence electrons. The molecule has 1 N–H and O–H groups in total. The van der Waals surface area contributed by atoms with Crippen LogP contribution in [0.4, 0.5) is 5.69 Å². The third-order valence-corrected chi connectivity index (χ3v) is 4.10. The molecule has 1 aromatic carbocycles. The number of likely N-dealkylation sites (tertiary alicyclic amines) is 1. The number of fused-ring (bicyclic) bond motifs is 1. The molecule has 2 heterocycles. The second kappa shape index (κ2) is 6.16. The molecule has 1 aromatic rings. The standard InChI is InChI=1S/C16H22N2O2/c19-15(18-10-2-1-3-11-18)12-20-14-8-4-6-13-7-5-9-17-16(13)14/h4,6,8,17H,1-3,5,7,9-12H2. The highest BCUT2D eigenvalue weighted by molar-refractivity contribution is 5.78. The van der Waals surface area contributed by atoms with Gasteiger partial charge in [-0.1, -0.05) is 12.1 Å². The average Bonchev–Trinajstić information content (AvgIpc) is 2.53. The zero-order valence-electron chi connectivity index (χ0n) is 11.9. The van der Waals surface area contributed by atoms with Crippen molar-refractivity contribution in [3.63, 3.8) is 0 Å². The molecule has 0 aliphatic carbocycles. The first-order chi connectivity index (χ1) is 9.84. The molecule has 0 radical (unpaired) electrons. The Morgan fingerprint density at radius 2 is 2.05 bits per heavy atom. The van der Waals surface area contributed by atoms with Crippen molar-refractivity contribution >= 4 is 11.6 Å². The molecule has 2 aliphatic heterocycles. The highest BCUT2D eigenvalue weighted by Crippen LogP contribution is 2.31. The molecule has 1 saturated heterocycles. The second-order valence-electron chi connectivity index (χ2n) is 5.55. The van der Waals surface area contributed by atoms with Crippen molar-refractivity contribution in [1.82, 2.24) is 4.90 Å². The van der Waals surface area contributed by atoms with Crippen LogP contribution in [0.15, 0.2) is 18.2 Å². The summed E-state index contributed by atoms with van der Waals surface area (Å²) in [5, 5.41) is 3.38. The van der Waals surface area contributed by atoms with Crippen molar-refractivity contribution in [2.24, 2.45) is 0 Å². The quantitative estimate of drug-likeness (QED) is 0.920. The minimum Gasteiger partial charge on any atom is -0.482 e. The lowest BCUT2D eigenvalue weighted by atomic mass is 10.0. The Labute approximate surface area is 120 Å². The molecule has 0 bridgehead atoms. The van der Waals surface area contributed by atoms with Gasteiger partial charge in [-0.05, 0) is 43.7 Å². The van der Waals surface area contributed by atoms with Crippen molar-refractivity contribution in [3.05, 3.63) is 23.8 Å². The van der Waals surface area contributed by atoms with Crippen molar-refractivity contribution in [1.29, 1.82) is 0 Å². The number of para-hydroxylation sites is 1. The van der Waals surface area contributed by atoms with E-state index in [1.54, 1.807) is 0 Å². The monoisotopic (exact) mass is 274 g/mol. The smallest absolute Gasteiger partial charge is 0.260 e. The Kier molecular flexibility index (Phi) is 4.09. The number of carbonyl (C=O) groups excluding carboxylic acids is 1. The van der Waals surface area contributed by atoms with E-state index < -0.39 is 0 Å². The molecule has 2 aliphatic rings. The number of anilines is 1. The molecule has 20 heavy (non-hydrogen) atoms. The van der Waals surface area contributed by atoms with E-state index in [0.29, 0.717) is 0 Å². The molecule has 3 rings (SSSR count). The summed E-state index contributed by atoms with van der Waals surface area (Å²) in [5.74, 6) is 0.922. The summed E-state index contributed by atoms with van der Waals surface area (Å²) in [6, 6.07) is 6.08. The van der Waals surface area contributed by atoms with Gasteiger partial charge in [-0.3, -0.25) is 4.79 Å². The largest absolute Gasteiger partial charge is 0.482 e. The fourth-order valence-corrected chi connectivity index (χ4v) is 2.97. The van der Waals surface area contributed by atoms with Crippen LogP contribution in [0.25, 0.3) is 0 Å². The number of amides is 1. The van der Waals surface area contributed by atoms with Crippen LogP contribution in [0.5, 0.6) is 5.75 Å². The van der Waals surface area contributed by atoms with Crippen LogP contribution < -0.4 is 10.1 Å². The Morgan fingerprint density at radius 1 is 1.20 bits per heavy atom. The van der Waals surface area contributed by atoms with Gasteiger partial charge in [0.05, 0.1) is 5.69 Å². The topological polar surface area (TPSA) is 41.6 Å². The minimum absolute atomic E-state index is 0.109. The highest BCUT2D eigenvalue weighted by atomic mass is 16.5. The van der Waals surface area contributed by atoms with Gasteiger partial charge in [-0.15, -0.1) is 0 Å². The van der Waals surface area contributed by atoms with Crippen LogP contribution in [0.1, 0.15) is 31.2 Å². The first-order valence-corrected chi connectivity index (χ1v) is 7.61. The number of hydrogen-bond acceptors (Lipinski definition) is 3. The predicted octanol–water partition coefficient (Wildman–Crippen LogP) is 2.44. The fourth-order valence-electron chi connectivity index (χ4n) is 2.97. The lowest BCUT2D eigenvalue weighted by Crippen LogP contribution is -2.38. The van der Waals surface area contributed by atoms with Crippen LogP contribution >= 0.6 is 0 Å². The van der Waals surface area contributed by atoms with Gasteiger partial charge in [0.25, 0.3) is 5.91 Å². The number of carbonyl (C=O) groups is 1. The average molecular weight is 274 g/mol. The van der Waals surface area contributed by atoms with Crippen LogP contribution in [-0.2, 0) is 11.2 Å². The normalized spacial score (nSPS) is 18.1. The molecule has 1 amide bonds. The van der Waals surface area contributed by atoms with Gasteiger partial charge in [-0.25, -0.2) is 0 Å². The molecular weight excluding hydrogens is 252 g/mol. The van der Waals surface area contributed by atoms with Crippen molar-refractivity contribution in [2.45, 2.75) is 32.1 Å². The number of ether oxygens (including phenoxy) is 1. The van der Waals surface area contributed by atoms with Crippen molar-refractivity contribution in [3.8, 4) is 5.75 Å². The molecular formula is C16H22N2O2. The van der Waals surface area contributed by atoms with E-state index in [1.807, 2.05) is 17.0 Å². The van der Waals surface area contributed by atoms with Gasteiger partial charge >= 0.3 is 0 Å². The number of nitrogens with one attached hydrogen (secondary N) is 1. The summed E-state index contributed by atoms with van der Waals surface area (Å²) in [6.07, 6.45) is 5.71. The third kappa shape index (κ3) is 2.89. The number of nitrogens with zero attached hydrogens (tertiary/aromatic N) is 1. The van der Waals surface area contributed by atoms with E-state index in [-0.39, 0.29) is 12.5 Å². The number of aryl methyl sites for hydroxylation is 1. The third-order valence-electron chi connectivity index (χ3n) is 4.10. The van der Waals surface area contributed by atoms with Gasteiger partial charge in [-0.2, -0.15) is 0 Å². The summed E-state index contributed by atoms with van der Waals surface area (Å²) in [5.41, 5.74) is 2.37. The molecule has 0 saturated carbocycles. The first-order valence-electron chi connectivity index (χ1n) is 7.61. The Balaban J connectivity index is 1.62. The summed E-state index contributed by atoms with van der Waals surface area (Å²) in [6.45, 7) is 2.90. The van der Waals surface area contributed by atoms with Crippen LogP contribution in [0, 0.1) is 0 Å². The van der Waals surface area contributed by atoms with Crippen LogP contribution in [0.2, 0.25) is 0 Å². The fraction of sp³-hybridized carbons (Fsp3) is 0.562. The highest BCUT2D eigenvalue weighted by Gasteiger charge is 2.18. The maximum Gasteiger partial charge on any atom is 0.260 e. The maximum absolute atomic E-state index is 12.1. The molecule has 0 unspecified atom stereocenters. The summed E-state index contributed by atoms with van der Waals surface area (Å²) < 4.78 is 5.77. The molecule has 0 atom stereocenters. The maximum atomic E-state index is 12.1. The lowest BCUT2D eigenvalue weighted by Gasteiger charge is -2.27. The van der Waals surface area contributed by atoms with Gasteiger partial charge < -0.3 is 15.0 Å². The van der Waals surface area contributed by atoms with Crippen molar-refractivity contribution < 1.29 is 9.53 Å². The summed E-state index contributed by atoms with van der Waals surface area (Å²) in [7, 11) is 0. The molecule has 4 heteroatoms. The van der Waals surface area contributed by atoms with E-state index in [4.69, 9.17) is 4.74 Å². The van der Waals surface area contributed by atoms with E-state index in [0.717, 1.165) is 56.8 Å². The van der Waals surface area contributed by atoms with E-state index in [2.05, 4.69) is 11.4 Å². The molecule has 0 aromatic heterocycles. The zero-order valence-corrected chi connectivity index (χ0v) is 11.9. The zero-order chi connectivity index (χ0) is 13.8.